The highest BCUT2D eigenvalue weighted by Crippen LogP contribution is 2.25. The standard InChI is InChI=1S/C11H16N2OS2.ClH/c1-15-9-4-6-16-10(9)11(14)13-8-3-2-5-12-7-8;/h4,6,8,12H,2-3,5,7H2,1H3,(H,13,14);1H/t8-;/m0./s1. The molecule has 1 atom stereocenters. The molecule has 2 rings (SSSR count). The van der Waals surface area contributed by atoms with Crippen molar-refractivity contribution < 1.29 is 4.79 Å². The van der Waals surface area contributed by atoms with Crippen LogP contribution in [0.5, 0.6) is 0 Å². The summed E-state index contributed by atoms with van der Waals surface area (Å²) >= 11 is 3.14. The Kier molecular flexibility index (Phi) is 6.33. The average Bonchev–Trinajstić information content (AvgIpc) is 2.78. The van der Waals surface area contributed by atoms with Gasteiger partial charge in [0.05, 0.1) is 0 Å². The van der Waals surface area contributed by atoms with Crippen molar-refractivity contribution in [1.29, 1.82) is 0 Å². The van der Waals surface area contributed by atoms with E-state index in [9.17, 15) is 4.79 Å². The summed E-state index contributed by atoms with van der Waals surface area (Å²) in [6.45, 7) is 1.97. The van der Waals surface area contributed by atoms with Crippen molar-refractivity contribution in [3.05, 3.63) is 16.3 Å². The SMILES string of the molecule is CSc1ccsc1C(=O)N[C@H]1CCCNC1.Cl. The van der Waals surface area contributed by atoms with Crippen LogP contribution in [0, 0.1) is 0 Å². The van der Waals surface area contributed by atoms with Crippen LogP contribution in [0.2, 0.25) is 0 Å². The number of thiophene rings is 1. The number of rotatable bonds is 3. The van der Waals surface area contributed by atoms with Gasteiger partial charge >= 0.3 is 0 Å². The quantitative estimate of drug-likeness (QED) is 0.841. The smallest absolute Gasteiger partial charge is 0.262 e. The lowest BCUT2D eigenvalue weighted by atomic mass is 10.1. The summed E-state index contributed by atoms with van der Waals surface area (Å²) in [7, 11) is 0. The topological polar surface area (TPSA) is 41.1 Å². The van der Waals surface area contributed by atoms with E-state index in [1.807, 2.05) is 17.7 Å². The lowest BCUT2D eigenvalue weighted by Gasteiger charge is -2.23. The number of amides is 1. The van der Waals surface area contributed by atoms with Crippen LogP contribution in [-0.2, 0) is 0 Å². The summed E-state index contributed by atoms with van der Waals surface area (Å²) in [6, 6.07) is 2.29. The van der Waals surface area contributed by atoms with Gasteiger partial charge < -0.3 is 10.6 Å². The van der Waals surface area contributed by atoms with Crippen molar-refractivity contribution >= 4 is 41.4 Å². The third kappa shape index (κ3) is 3.88. The highest BCUT2D eigenvalue weighted by molar-refractivity contribution is 7.98. The van der Waals surface area contributed by atoms with E-state index in [2.05, 4.69) is 10.6 Å². The Bertz CT molecular complexity index is 364. The first-order chi connectivity index (χ1) is 7.81. The fourth-order valence-electron chi connectivity index (χ4n) is 1.85. The van der Waals surface area contributed by atoms with Crippen molar-refractivity contribution in [2.75, 3.05) is 19.3 Å². The maximum Gasteiger partial charge on any atom is 0.262 e. The summed E-state index contributed by atoms with van der Waals surface area (Å²) in [5.74, 6) is 0.0769. The largest absolute Gasteiger partial charge is 0.347 e. The predicted molar refractivity (Wildman–Crippen MR) is 76.7 cm³/mol. The number of hydrogen-bond donors (Lipinski definition) is 2. The number of piperidine rings is 1. The van der Waals surface area contributed by atoms with Gasteiger partial charge in [-0.05, 0) is 37.1 Å². The molecular formula is C11H17ClN2OS2. The van der Waals surface area contributed by atoms with E-state index in [1.165, 1.54) is 11.3 Å². The minimum atomic E-state index is 0. The summed E-state index contributed by atoms with van der Waals surface area (Å²) < 4.78 is 0. The van der Waals surface area contributed by atoms with Gasteiger partial charge in [-0.25, -0.2) is 0 Å². The first-order valence-corrected chi connectivity index (χ1v) is 7.55. The second-order valence-corrected chi connectivity index (χ2v) is 5.60. The van der Waals surface area contributed by atoms with E-state index in [0.717, 1.165) is 35.7 Å². The van der Waals surface area contributed by atoms with Crippen molar-refractivity contribution in [1.82, 2.24) is 10.6 Å². The molecule has 0 aliphatic carbocycles. The van der Waals surface area contributed by atoms with E-state index in [-0.39, 0.29) is 24.4 Å². The average molecular weight is 293 g/mol. The van der Waals surface area contributed by atoms with E-state index >= 15 is 0 Å². The molecule has 0 aromatic carbocycles. The molecule has 1 saturated heterocycles. The number of nitrogens with one attached hydrogen (secondary N) is 2. The van der Waals surface area contributed by atoms with Crippen molar-refractivity contribution in [2.24, 2.45) is 0 Å². The monoisotopic (exact) mass is 292 g/mol. The van der Waals surface area contributed by atoms with E-state index in [4.69, 9.17) is 0 Å². The Morgan fingerprint density at radius 1 is 1.65 bits per heavy atom. The summed E-state index contributed by atoms with van der Waals surface area (Å²) in [4.78, 5) is 13.9. The Labute approximate surface area is 116 Å². The Morgan fingerprint density at radius 2 is 2.47 bits per heavy atom. The van der Waals surface area contributed by atoms with Crippen LogP contribution in [0.1, 0.15) is 22.5 Å². The maximum absolute atomic E-state index is 12.0. The van der Waals surface area contributed by atoms with Gasteiger partial charge in [-0.15, -0.1) is 35.5 Å². The fourth-order valence-corrected chi connectivity index (χ4v) is 3.50. The fraction of sp³-hybridized carbons (Fsp3) is 0.545. The van der Waals surface area contributed by atoms with Gasteiger partial charge in [0.1, 0.15) is 4.88 Å². The molecule has 2 heterocycles. The Hall–Kier alpha value is -0.230. The van der Waals surface area contributed by atoms with Crippen LogP contribution in [0.15, 0.2) is 16.3 Å². The third-order valence-corrected chi connectivity index (χ3v) is 4.51. The first-order valence-electron chi connectivity index (χ1n) is 5.44. The molecule has 1 aliphatic rings. The molecule has 1 fully saturated rings. The van der Waals surface area contributed by atoms with Crippen LogP contribution < -0.4 is 10.6 Å². The molecule has 0 unspecified atom stereocenters. The highest BCUT2D eigenvalue weighted by Gasteiger charge is 2.18. The molecule has 0 bridgehead atoms. The minimum absolute atomic E-state index is 0. The van der Waals surface area contributed by atoms with Gasteiger partial charge in [0.2, 0.25) is 0 Å². The van der Waals surface area contributed by atoms with Crippen molar-refractivity contribution in [2.45, 2.75) is 23.8 Å². The third-order valence-electron chi connectivity index (χ3n) is 2.69. The molecule has 6 heteroatoms. The lowest BCUT2D eigenvalue weighted by molar-refractivity contribution is 0.0932. The molecule has 0 saturated carbocycles. The van der Waals surface area contributed by atoms with Crippen LogP contribution >= 0.6 is 35.5 Å². The van der Waals surface area contributed by atoms with Gasteiger partial charge in [0, 0.05) is 17.5 Å². The molecule has 2 N–H and O–H groups in total. The minimum Gasteiger partial charge on any atom is -0.347 e. The Balaban J connectivity index is 0.00000144. The normalized spacial score (nSPS) is 19.5. The second kappa shape index (κ2) is 7.26. The number of thioether (sulfide) groups is 1. The van der Waals surface area contributed by atoms with Crippen LogP contribution in [0.4, 0.5) is 0 Å². The van der Waals surface area contributed by atoms with Crippen LogP contribution in [0.25, 0.3) is 0 Å². The maximum atomic E-state index is 12.0. The molecular weight excluding hydrogens is 276 g/mol. The molecule has 3 nitrogen and oxygen atoms in total. The second-order valence-electron chi connectivity index (χ2n) is 3.83. The number of carbonyl (C=O) groups is 1. The molecule has 0 spiro atoms. The first kappa shape index (κ1) is 14.8. The van der Waals surface area contributed by atoms with E-state index < -0.39 is 0 Å². The molecule has 1 amide bonds. The van der Waals surface area contributed by atoms with Gasteiger partial charge in [0.25, 0.3) is 5.91 Å². The van der Waals surface area contributed by atoms with Crippen LogP contribution in [-0.4, -0.2) is 31.3 Å². The van der Waals surface area contributed by atoms with Gasteiger partial charge in [-0.2, -0.15) is 0 Å². The molecule has 1 aliphatic heterocycles. The van der Waals surface area contributed by atoms with E-state index in [0.29, 0.717) is 0 Å². The Morgan fingerprint density at radius 3 is 3.12 bits per heavy atom. The number of carbonyl (C=O) groups excluding carboxylic acids is 1. The number of hydrogen-bond acceptors (Lipinski definition) is 4. The zero-order valence-electron chi connectivity index (χ0n) is 9.69. The molecule has 1 aromatic heterocycles. The van der Waals surface area contributed by atoms with Gasteiger partial charge in [-0.3, -0.25) is 4.79 Å². The molecule has 17 heavy (non-hydrogen) atoms. The van der Waals surface area contributed by atoms with Crippen molar-refractivity contribution in [3.8, 4) is 0 Å². The van der Waals surface area contributed by atoms with E-state index in [1.54, 1.807) is 11.8 Å². The molecule has 1 aromatic rings. The van der Waals surface area contributed by atoms with Crippen LogP contribution in [0.3, 0.4) is 0 Å². The molecule has 96 valence electrons. The molecule has 0 radical (unpaired) electrons. The zero-order valence-corrected chi connectivity index (χ0v) is 12.1. The van der Waals surface area contributed by atoms with Gasteiger partial charge in [-0.1, -0.05) is 0 Å². The highest BCUT2D eigenvalue weighted by atomic mass is 35.5. The zero-order chi connectivity index (χ0) is 11.4. The summed E-state index contributed by atoms with van der Waals surface area (Å²) in [6.07, 6.45) is 4.23. The number of halogens is 1. The predicted octanol–water partition coefficient (Wildman–Crippen LogP) is 2.37. The van der Waals surface area contributed by atoms with Crippen molar-refractivity contribution in [3.63, 3.8) is 0 Å². The van der Waals surface area contributed by atoms with Gasteiger partial charge in [0.15, 0.2) is 0 Å². The lowest BCUT2D eigenvalue weighted by Crippen LogP contribution is -2.45. The summed E-state index contributed by atoms with van der Waals surface area (Å²) in [5, 5.41) is 8.36. The summed E-state index contributed by atoms with van der Waals surface area (Å²) in [5.41, 5.74) is 0.